The molecule has 0 radical (unpaired) electrons. The quantitative estimate of drug-likeness (QED) is 0.285. The number of hydrogen-bond acceptors (Lipinski definition) is 3. The molecule has 0 spiro atoms. The number of aliphatic imine (C=N–C) groups is 1. The summed E-state index contributed by atoms with van der Waals surface area (Å²) in [5.41, 5.74) is 2.93. The molecule has 6 heteroatoms. The van der Waals surface area contributed by atoms with E-state index >= 15 is 0 Å². The molecule has 0 bridgehead atoms. The highest BCUT2D eigenvalue weighted by atomic mass is 19.4. The Bertz CT molecular complexity index is 839. The topological polar surface area (TPSA) is 18.8 Å². The lowest BCUT2D eigenvalue weighted by Crippen LogP contribution is -2.46. The molecule has 1 aromatic carbocycles. The van der Waals surface area contributed by atoms with Crippen LogP contribution < -0.4 is 0 Å². The molecule has 0 unspecified atom stereocenters. The molecule has 0 amide bonds. The molecule has 0 atom stereocenters. The van der Waals surface area contributed by atoms with E-state index in [1.807, 2.05) is 52.1 Å². The van der Waals surface area contributed by atoms with Crippen molar-refractivity contribution in [2.24, 2.45) is 4.99 Å². The molecule has 1 aromatic rings. The first-order chi connectivity index (χ1) is 16.7. The third-order valence-corrected chi connectivity index (χ3v) is 5.12. The van der Waals surface area contributed by atoms with Crippen LogP contribution in [0.3, 0.4) is 0 Å². The van der Waals surface area contributed by atoms with Crippen LogP contribution >= 0.6 is 0 Å². The van der Waals surface area contributed by atoms with Gasteiger partial charge in [-0.15, -0.1) is 0 Å². The largest absolute Gasteiger partial charge is 0.416 e. The molecule has 1 saturated heterocycles. The normalized spacial score (nSPS) is 15.5. The van der Waals surface area contributed by atoms with Crippen LogP contribution in [0.2, 0.25) is 0 Å². The smallest absolute Gasteiger partial charge is 0.369 e. The third-order valence-electron chi connectivity index (χ3n) is 5.12. The molecule has 0 saturated carbocycles. The average molecular weight is 492 g/mol. The Labute approximate surface area is 211 Å². The Morgan fingerprint density at radius 1 is 1.03 bits per heavy atom. The first-order valence-corrected chi connectivity index (χ1v) is 12.5. The summed E-state index contributed by atoms with van der Waals surface area (Å²) in [6.45, 7) is 20.7. The molecule has 0 aliphatic carbocycles. The summed E-state index contributed by atoms with van der Waals surface area (Å²) in [6.07, 6.45) is 6.55. The van der Waals surface area contributed by atoms with Gasteiger partial charge < -0.3 is 4.90 Å². The van der Waals surface area contributed by atoms with Crippen molar-refractivity contribution in [3.63, 3.8) is 0 Å². The molecule has 196 valence electrons. The van der Waals surface area contributed by atoms with Crippen molar-refractivity contribution in [1.82, 2.24) is 9.80 Å². The minimum absolute atomic E-state index is 0.647. The first-order valence-electron chi connectivity index (χ1n) is 12.5. The predicted molar refractivity (Wildman–Crippen MR) is 147 cm³/mol. The second kappa shape index (κ2) is 17.8. The molecule has 3 nitrogen and oxygen atoms in total. The van der Waals surface area contributed by atoms with E-state index in [2.05, 4.69) is 41.3 Å². The maximum atomic E-state index is 12.9. The number of alkyl halides is 3. The van der Waals surface area contributed by atoms with Crippen LogP contribution in [-0.2, 0) is 6.18 Å². The Hall–Kier alpha value is -2.60. The van der Waals surface area contributed by atoms with E-state index in [1.165, 1.54) is 24.1 Å². The summed E-state index contributed by atoms with van der Waals surface area (Å²) in [6, 6.07) is 5.28. The summed E-state index contributed by atoms with van der Waals surface area (Å²) < 4.78 is 38.7. The fourth-order valence-electron chi connectivity index (χ4n) is 3.37. The van der Waals surface area contributed by atoms with Crippen LogP contribution in [0.5, 0.6) is 0 Å². The SMILES string of the molecule is C=C(/C(=C\C=C/C)c1ccc(C(F)(F)F)cc1)N1CCN(C/C(C=NC)=C/C)CC1.CC.CCC. The van der Waals surface area contributed by atoms with Crippen molar-refractivity contribution in [3.8, 4) is 0 Å². The van der Waals surface area contributed by atoms with Gasteiger partial charge in [-0.1, -0.05) is 77.1 Å². The van der Waals surface area contributed by atoms with Crippen molar-refractivity contribution in [2.45, 2.75) is 54.1 Å². The Kier molecular flexibility index (Phi) is 16.5. The van der Waals surface area contributed by atoms with Gasteiger partial charge in [-0.3, -0.25) is 9.89 Å². The number of hydrogen-bond donors (Lipinski definition) is 0. The van der Waals surface area contributed by atoms with E-state index in [0.717, 1.165) is 61.7 Å². The molecule has 1 fully saturated rings. The van der Waals surface area contributed by atoms with Gasteiger partial charge in [0.15, 0.2) is 0 Å². The lowest BCUT2D eigenvalue weighted by Gasteiger charge is -2.37. The Balaban J connectivity index is 0.00000214. The number of piperazine rings is 1. The van der Waals surface area contributed by atoms with Gasteiger partial charge in [0.05, 0.1) is 5.56 Å². The maximum absolute atomic E-state index is 12.9. The zero-order chi connectivity index (χ0) is 26.9. The number of halogens is 3. The van der Waals surface area contributed by atoms with Gasteiger partial charge in [0, 0.05) is 57.3 Å². The molecule has 1 heterocycles. The number of allylic oxidation sites excluding steroid dienone is 5. The average Bonchev–Trinajstić information content (AvgIpc) is 2.86. The molecule has 35 heavy (non-hydrogen) atoms. The summed E-state index contributed by atoms with van der Waals surface area (Å²) in [7, 11) is 1.77. The summed E-state index contributed by atoms with van der Waals surface area (Å²) in [5.74, 6) is 0. The summed E-state index contributed by atoms with van der Waals surface area (Å²) in [5, 5.41) is 0. The second-order valence-corrected chi connectivity index (χ2v) is 7.85. The van der Waals surface area contributed by atoms with Gasteiger partial charge in [0.1, 0.15) is 0 Å². The monoisotopic (exact) mass is 491 g/mol. The lowest BCUT2D eigenvalue weighted by atomic mass is 9.99. The van der Waals surface area contributed by atoms with Crippen LogP contribution in [-0.4, -0.2) is 55.8 Å². The standard InChI is InChI=1S/C24H30F3N3.C3H8.C2H6/c1-5-7-8-23(21-9-11-22(12-10-21)24(25,26)27)19(3)30-15-13-29(14-16-30)18-20(6-2)17-28-4;1-3-2;1-2/h5-12,17H,3,13-16,18H2,1-2,4H3;3H2,1-2H3;1-2H3/b7-5-,20-6+,23-8+,28-17?;;. The highest BCUT2D eigenvalue weighted by molar-refractivity contribution is 5.79. The predicted octanol–water partition coefficient (Wildman–Crippen LogP) is 7.89. The van der Waals surface area contributed by atoms with Crippen LogP contribution in [0.4, 0.5) is 13.2 Å². The van der Waals surface area contributed by atoms with E-state index in [9.17, 15) is 13.2 Å². The second-order valence-electron chi connectivity index (χ2n) is 7.85. The van der Waals surface area contributed by atoms with Crippen molar-refractivity contribution in [2.75, 3.05) is 39.8 Å². The highest BCUT2D eigenvalue weighted by Crippen LogP contribution is 2.32. The number of rotatable bonds is 7. The highest BCUT2D eigenvalue weighted by Gasteiger charge is 2.30. The molecule has 0 N–H and O–H groups in total. The number of nitrogens with zero attached hydrogens (tertiary/aromatic N) is 3. The molecule has 0 aromatic heterocycles. The molecule has 2 rings (SSSR count). The molecular formula is C29H44F3N3. The Morgan fingerprint density at radius 3 is 2.00 bits per heavy atom. The van der Waals surface area contributed by atoms with Gasteiger partial charge in [0.2, 0.25) is 0 Å². The van der Waals surface area contributed by atoms with Gasteiger partial charge in [-0.05, 0) is 37.1 Å². The van der Waals surface area contributed by atoms with Crippen LogP contribution in [0, 0.1) is 0 Å². The minimum atomic E-state index is -4.34. The zero-order valence-corrected chi connectivity index (χ0v) is 22.6. The van der Waals surface area contributed by atoms with Crippen LogP contribution in [0.1, 0.15) is 59.1 Å². The van der Waals surface area contributed by atoms with Gasteiger partial charge in [0.25, 0.3) is 0 Å². The van der Waals surface area contributed by atoms with Crippen LogP contribution in [0.25, 0.3) is 5.57 Å². The zero-order valence-electron chi connectivity index (χ0n) is 22.6. The molecule has 1 aliphatic heterocycles. The van der Waals surface area contributed by atoms with Gasteiger partial charge >= 0.3 is 6.18 Å². The van der Waals surface area contributed by atoms with Crippen molar-refractivity contribution >= 4 is 11.8 Å². The van der Waals surface area contributed by atoms with Crippen molar-refractivity contribution in [1.29, 1.82) is 0 Å². The first kappa shape index (κ1) is 32.4. The maximum Gasteiger partial charge on any atom is 0.416 e. The van der Waals surface area contributed by atoms with E-state index in [-0.39, 0.29) is 0 Å². The fourth-order valence-corrected chi connectivity index (χ4v) is 3.37. The Morgan fingerprint density at radius 2 is 1.57 bits per heavy atom. The molecular weight excluding hydrogens is 447 g/mol. The van der Waals surface area contributed by atoms with Gasteiger partial charge in [-0.2, -0.15) is 13.2 Å². The summed E-state index contributed by atoms with van der Waals surface area (Å²) in [4.78, 5) is 8.66. The van der Waals surface area contributed by atoms with E-state index in [0.29, 0.717) is 0 Å². The fraction of sp³-hybridized carbons (Fsp3) is 0.483. The van der Waals surface area contributed by atoms with E-state index in [4.69, 9.17) is 0 Å². The minimum Gasteiger partial charge on any atom is -0.369 e. The summed E-state index contributed by atoms with van der Waals surface area (Å²) >= 11 is 0. The van der Waals surface area contributed by atoms with E-state index < -0.39 is 11.7 Å². The number of benzene rings is 1. The lowest BCUT2D eigenvalue weighted by molar-refractivity contribution is -0.137. The van der Waals surface area contributed by atoms with Crippen molar-refractivity contribution < 1.29 is 13.2 Å². The van der Waals surface area contributed by atoms with Crippen LogP contribution in [0.15, 0.2) is 71.4 Å². The molecule has 1 aliphatic rings. The third kappa shape index (κ3) is 11.6. The van der Waals surface area contributed by atoms with Crippen molar-refractivity contribution in [3.05, 3.63) is 77.5 Å². The van der Waals surface area contributed by atoms with Gasteiger partial charge in [-0.25, -0.2) is 0 Å². The van der Waals surface area contributed by atoms with E-state index in [1.54, 1.807) is 7.05 Å².